The molecule has 0 spiro atoms. The van der Waals surface area contributed by atoms with Crippen molar-refractivity contribution in [1.29, 1.82) is 0 Å². The van der Waals surface area contributed by atoms with Crippen LogP contribution in [0.15, 0.2) is 53.4 Å². The van der Waals surface area contributed by atoms with Gasteiger partial charge in [0.1, 0.15) is 5.82 Å². The molecule has 0 fully saturated rings. The van der Waals surface area contributed by atoms with E-state index in [1.807, 2.05) is 31.2 Å². The second-order valence-corrected chi connectivity index (χ2v) is 8.70. The summed E-state index contributed by atoms with van der Waals surface area (Å²) < 4.78 is 27.4. The maximum atomic E-state index is 12.4. The summed E-state index contributed by atoms with van der Waals surface area (Å²) in [4.78, 5) is 16.0. The third kappa shape index (κ3) is 5.98. The summed E-state index contributed by atoms with van der Waals surface area (Å²) in [5.74, 6) is 1.16. The van der Waals surface area contributed by atoms with Crippen LogP contribution in [-0.4, -0.2) is 36.1 Å². The van der Waals surface area contributed by atoms with E-state index in [-0.39, 0.29) is 17.3 Å². The minimum Gasteiger partial charge on any atom is -0.326 e. The molecule has 0 aliphatic rings. The largest absolute Gasteiger partial charge is 0.326 e. The molecule has 158 valence electrons. The molecule has 2 aromatic carbocycles. The monoisotopic (exact) mass is 427 g/mol. The van der Waals surface area contributed by atoms with Gasteiger partial charge in [-0.2, -0.15) is 5.10 Å². The van der Waals surface area contributed by atoms with Crippen LogP contribution < -0.4 is 10.0 Å². The number of rotatable bonds is 9. The minimum atomic E-state index is -3.66. The molecule has 0 aliphatic carbocycles. The van der Waals surface area contributed by atoms with Crippen molar-refractivity contribution >= 4 is 21.6 Å². The molecule has 0 saturated carbocycles. The highest BCUT2D eigenvalue weighted by molar-refractivity contribution is 7.89. The Kier molecular flexibility index (Phi) is 6.96. The fourth-order valence-corrected chi connectivity index (χ4v) is 3.80. The Morgan fingerprint density at radius 3 is 2.43 bits per heavy atom. The molecular formula is C21H25N5O3S. The number of H-pyrrole nitrogens is 1. The first-order valence-corrected chi connectivity index (χ1v) is 11.2. The summed E-state index contributed by atoms with van der Waals surface area (Å²) >= 11 is 0. The molecule has 0 atom stereocenters. The summed E-state index contributed by atoms with van der Waals surface area (Å²) in [6, 6.07) is 14.2. The molecular weight excluding hydrogens is 402 g/mol. The molecule has 3 N–H and O–H groups in total. The minimum absolute atomic E-state index is 0.128. The fourth-order valence-electron chi connectivity index (χ4n) is 2.77. The number of amides is 1. The Hall–Kier alpha value is -3.04. The molecule has 1 heterocycles. The van der Waals surface area contributed by atoms with Gasteiger partial charge in [-0.15, -0.1) is 0 Å². The maximum Gasteiger partial charge on any atom is 0.240 e. The van der Waals surface area contributed by atoms with Crippen LogP contribution in [0.3, 0.4) is 0 Å². The second-order valence-electron chi connectivity index (χ2n) is 6.93. The van der Waals surface area contributed by atoms with Gasteiger partial charge in [0.25, 0.3) is 0 Å². The van der Waals surface area contributed by atoms with Crippen molar-refractivity contribution in [2.45, 2.75) is 38.0 Å². The van der Waals surface area contributed by atoms with E-state index in [9.17, 15) is 13.2 Å². The van der Waals surface area contributed by atoms with Crippen LogP contribution in [0.4, 0.5) is 5.69 Å². The summed E-state index contributed by atoms with van der Waals surface area (Å²) in [7, 11) is -3.66. The lowest BCUT2D eigenvalue weighted by Gasteiger charge is -2.07. The van der Waals surface area contributed by atoms with Gasteiger partial charge in [-0.1, -0.05) is 36.8 Å². The summed E-state index contributed by atoms with van der Waals surface area (Å²) in [6.45, 7) is 3.96. The van der Waals surface area contributed by atoms with E-state index in [4.69, 9.17) is 0 Å². The summed E-state index contributed by atoms with van der Waals surface area (Å²) in [5.41, 5.74) is 2.88. The predicted molar refractivity (Wildman–Crippen MR) is 115 cm³/mol. The first kappa shape index (κ1) is 21.7. The molecule has 0 radical (unpaired) electrons. The average molecular weight is 428 g/mol. The standard InChI is InChI=1S/C21H25N5O3S/c1-3-21(27)23-17-8-10-18(11-9-17)30(28,29)22-13-12-19-24-20(26-25-19)14-16-6-4-15(2)5-7-16/h4-11,22H,3,12-14H2,1-2H3,(H,23,27)(H,24,25,26). The third-order valence-electron chi connectivity index (χ3n) is 4.48. The molecule has 3 rings (SSSR count). The van der Waals surface area contributed by atoms with E-state index in [1.165, 1.54) is 17.7 Å². The van der Waals surface area contributed by atoms with Gasteiger partial charge in [0.15, 0.2) is 5.82 Å². The summed E-state index contributed by atoms with van der Waals surface area (Å²) in [6.07, 6.45) is 1.36. The Morgan fingerprint density at radius 2 is 1.77 bits per heavy atom. The Balaban J connectivity index is 1.52. The van der Waals surface area contributed by atoms with Crippen molar-refractivity contribution in [3.05, 3.63) is 71.3 Å². The lowest BCUT2D eigenvalue weighted by Crippen LogP contribution is -2.26. The zero-order chi connectivity index (χ0) is 21.6. The first-order chi connectivity index (χ1) is 14.4. The van der Waals surface area contributed by atoms with Crippen LogP contribution in [0.5, 0.6) is 0 Å². The molecule has 0 aliphatic heterocycles. The highest BCUT2D eigenvalue weighted by Crippen LogP contribution is 2.14. The van der Waals surface area contributed by atoms with Crippen LogP contribution in [0.25, 0.3) is 0 Å². The van der Waals surface area contributed by atoms with Crippen molar-refractivity contribution in [2.75, 3.05) is 11.9 Å². The van der Waals surface area contributed by atoms with Gasteiger partial charge in [0.05, 0.1) is 4.90 Å². The van der Waals surface area contributed by atoms with Gasteiger partial charge in [-0.25, -0.2) is 18.1 Å². The molecule has 30 heavy (non-hydrogen) atoms. The van der Waals surface area contributed by atoms with Crippen LogP contribution in [0, 0.1) is 6.92 Å². The van der Waals surface area contributed by atoms with Gasteiger partial charge < -0.3 is 5.32 Å². The molecule has 1 aromatic heterocycles. The Labute approximate surface area is 176 Å². The number of carbonyl (C=O) groups is 1. The Morgan fingerprint density at radius 1 is 1.07 bits per heavy atom. The zero-order valence-electron chi connectivity index (χ0n) is 17.0. The van der Waals surface area contributed by atoms with Crippen LogP contribution in [-0.2, 0) is 27.7 Å². The Bertz CT molecular complexity index is 1090. The number of hydrogen-bond donors (Lipinski definition) is 3. The summed E-state index contributed by atoms with van der Waals surface area (Å²) in [5, 5.41) is 9.74. The quantitative estimate of drug-likeness (QED) is 0.485. The first-order valence-electron chi connectivity index (χ1n) is 9.71. The highest BCUT2D eigenvalue weighted by Gasteiger charge is 2.14. The number of sulfonamides is 1. The number of benzene rings is 2. The number of aromatic amines is 1. The van der Waals surface area contributed by atoms with Crippen molar-refractivity contribution in [3.63, 3.8) is 0 Å². The fraction of sp³-hybridized carbons (Fsp3) is 0.286. The van der Waals surface area contributed by atoms with Gasteiger partial charge in [-0.3, -0.25) is 9.89 Å². The highest BCUT2D eigenvalue weighted by atomic mass is 32.2. The van der Waals surface area contributed by atoms with E-state index in [0.717, 1.165) is 11.4 Å². The zero-order valence-corrected chi connectivity index (χ0v) is 17.8. The van der Waals surface area contributed by atoms with Gasteiger partial charge >= 0.3 is 0 Å². The third-order valence-corrected chi connectivity index (χ3v) is 5.96. The lowest BCUT2D eigenvalue weighted by atomic mass is 10.1. The van der Waals surface area contributed by atoms with E-state index in [1.54, 1.807) is 19.1 Å². The van der Waals surface area contributed by atoms with Crippen molar-refractivity contribution in [1.82, 2.24) is 19.9 Å². The number of nitrogens with zero attached hydrogens (tertiary/aromatic N) is 2. The van der Waals surface area contributed by atoms with Crippen molar-refractivity contribution in [3.8, 4) is 0 Å². The SMILES string of the molecule is CCC(=O)Nc1ccc(S(=O)(=O)NCCc2n[nH]c(Cc3ccc(C)cc3)n2)cc1. The molecule has 0 bridgehead atoms. The number of hydrogen-bond acceptors (Lipinski definition) is 5. The molecule has 0 unspecified atom stereocenters. The normalized spacial score (nSPS) is 11.4. The topological polar surface area (TPSA) is 117 Å². The van der Waals surface area contributed by atoms with Gasteiger partial charge in [-0.05, 0) is 36.8 Å². The van der Waals surface area contributed by atoms with Crippen LogP contribution >= 0.6 is 0 Å². The van der Waals surface area contributed by atoms with Gasteiger partial charge in [0.2, 0.25) is 15.9 Å². The maximum absolute atomic E-state index is 12.4. The number of anilines is 1. The second kappa shape index (κ2) is 9.64. The smallest absolute Gasteiger partial charge is 0.240 e. The van der Waals surface area contributed by atoms with Crippen molar-refractivity contribution in [2.24, 2.45) is 0 Å². The molecule has 1 amide bonds. The van der Waals surface area contributed by atoms with Crippen molar-refractivity contribution < 1.29 is 13.2 Å². The molecule has 0 saturated heterocycles. The molecule has 3 aromatic rings. The van der Waals surface area contributed by atoms with E-state index >= 15 is 0 Å². The number of carbonyl (C=O) groups excluding carboxylic acids is 1. The number of aromatic nitrogens is 3. The van der Waals surface area contributed by atoms with Crippen LogP contribution in [0.1, 0.15) is 36.1 Å². The molecule has 9 heteroatoms. The predicted octanol–water partition coefficient (Wildman–Crippen LogP) is 2.57. The van der Waals surface area contributed by atoms with E-state index in [0.29, 0.717) is 30.8 Å². The van der Waals surface area contributed by atoms with Crippen LogP contribution in [0.2, 0.25) is 0 Å². The lowest BCUT2D eigenvalue weighted by molar-refractivity contribution is -0.115. The number of aryl methyl sites for hydroxylation is 1. The average Bonchev–Trinajstić information content (AvgIpc) is 3.17. The number of nitrogens with one attached hydrogen (secondary N) is 3. The van der Waals surface area contributed by atoms with Gasteiger partial charge in [0, 0.05) is 31.5 Å². The van der Waals surface area contributed by atoms with E-state index in [2.05, 4.69) is 25.2 Å². The van der Waals surface area contributed by atoms with E-state index < -0.39 is 10.0 Å². The molecule has 8 nitrogen and oxygen atoms in total.